The molecule has 0 bridgehead atoms. The predicted molar refractivity (Wildman–Crippen MR) is 64.2 cm³/mol. The third kappa shape index (κ3) is 3.56. The Morgan fingerprint density at radius 3 is 2.53 bits per heavy atom. The van der Waals surface area contributed by atoms with Crippen LogP contribution in [0.3, 0.4) is 0 Å². The van der Waals surface area contributed by atoms with Crippen molar-refractivity contribution in [3.8, 4) is 5.75 Å². The molecule has 0 spiro atoms. The average molecular weight is 207 g/mol. The Kier molecular flexibility index (Phi) is 4.15. The number of hydrogen-bond donors (Lipinski definition) is 1. The van der Waals surface area contributed by atoms with Crippen molar-refractivity contribution in [1.29, 1.82) is 0 Å². The van der Waals surface area contributed by atoms with E-state index in [1.54, 1.807) is 0 Å². The maximum absolute atomic E-state index is 5.93. The Hall–Kier alpha value is -1.02. The van der Waals surface area contributed by atoms with Gasteiger partial charge < -0.3 is 10.5 Å². The van der Waals surface area contributed by atoms with Gasteiger partial charge in [-0.05, 0) is 37.0 Å². The number of nitrogens with two attached hydrogens (primary N) is 1. The van der Waals surface area contributed by atoms with Crippen LogP contribution in [0.15, 0.2) is 18.2 Å². The summed E-state index contributed by atoms with van der Waals surface area (Å²) in [4.78, 5) is 0. The highest BCUT2D eigenvalue weighted by Gasteiger charge is 2.09. The molecule has 1 rings (SSSR count). The van der Waals surface area contributed by atoms with Crippen LogP contribution in [-0.4, -0.2) is 12.6 Å². The molecule has 0 amide bonds. The van der Waals surface area contributed by atoms with Crippen molar-refractivity contribution in [2.75, 3.05) is 6.61 Å². The summed E-state index contributed by atoms with van der Waals surface area (Å²) < 4.78 is 5.72. The van der Waals surface area contributed by atoms with Crippen molar-refractivity contribution in [3.05, 3.63) is 29.3 Å². The minimum atomic E-state index is 0.102. The number of ether oxygens (including phenoxy) is 1. The fourth-order valence-corrected chi connectivity index (χ4v) is 1.24. The molecule has 0 fully saturated rings. The molecule has 0 aliphatic heterocycles. The topological polar surface area (TPSA) is 35.2 Å². The molecular weight excluding hydrogens is 186 g/mol. The van der Waals surface area contributed by atoms with Crippen molar-refractivity contribution in [2.45, 2.75) is 33.7 Å². The van der Waals surface area contributed by atoms with E-state index in [9.17, 15) is 0 Å². The van der Waals surface area contributed by atoms with Gasteiger partial charge in [-0.3, -0.25) is 0 Å². The van der Waals surface area contributed by atoms with Crippen LogP contribution in [0.4, 0.5) is 0 Å². The van der Waals surface area contributed by atoms with Crippen molar-refractivity contribution in [3.63, 3.8) is 0 Å². The largest absolute Gasteiger partial charge is 0.492 e. The molecule has 1 aromatic carbocycles. The van der Waals surface area contributed by atoms with Gasteiger partial charge in [0.05, 0.1) is 0 Å². The molecule has 1 aromatic rings. The molecule has 0 aliphatic rings. The van der Waals surface area contributed by atoms with E-state index in [-0.39, 0.29) is 6.04 Å². The smallest absolute Gasteiger partial charge is 0.122 e. The van der Waals surface area contributed by atoms with E-state index in [2.05, 4.69) is 45.9 Å². The first-order valence-electron chi connectivity index (χ1n) is 5.46. The van der Waals surface area contributed by atoms with Crippen LogP contribution in [-0.2, 0) is 0 Å². The van der Waals surface area contributed by atoms with Gasteiger partial charge in [0, 0.05) is 6.04 Å². The van der Waals surface area contributed by atoms with Crippen LogP contribution in [0.25, 0.3) is 0 Å². The third-order valence-electron chi connectivity index (χ3n) is 2.63. The highest BCUT2D eigenvalue weighted by Crippen LogP contribution is 2.19. The second-order valence-corrected chi connectivity index (χ2v) is 4.49. The Bertz CT molecular complexity index is 320. The van der Waals surface area contributed by atoms with Gasteiger partial charge in [-0.15, -0.1) is 0 Å². The molecule has 0 aromatic heterocycles. The van der Waals surface area contributed by atoms with Gasteiger partial charge in [0.15, 0.2) is 0 Å². The molecule has 2 nitrogen and oxygen atoms in total. The van der Waals surface area contributed by atoms with Gasteiger partial charge in [-0.25, -0.2) is 0 Å². The minimum Gasteiger partial charge on any atom is -0.492 e. The lowest BCUT2D eigenvalue weighted by Gasteiger charge is -2.17. The summed E-state index contributed by atoms with van der Waals surface area (Å²) in [7, 11) is 0. The van der Waals surface area contributed by atoms with Crippen LogP contribution in [0.1, 0.15) is 25.0 Å². The zero-order valence-corrected chi connectivity index (χ0v) is 10.1. The van der Waals surface area contributed by atoms with Gasteiger partial charge >= 0.3 is 0 Å². The first-order valence-corrected chi connectivity index (χ1v) is 5.46. The molecule has 0 saturated heterocycles. The second kappa shape index (κ2) is 5.17. The van der Waals surface area contributed by atoms with E-state index in [4.69, 9.17) is 10.5 Å². The maximum Gasteiger partial charge on any atom is 0.122 e. The van der Waals surface area contributed by atoms with Crippen molar-refractivity contribution >= 4 is 0 Å². The summed E-state index contributed by atoms with van der Waals surface area (Å²) >= 11 is 0. The highest BCUT2D eigenvalue weighted by molar-refractivity contribution is 5.35. The van der Waals surface area contributed by atoms with E-state index in [1.165, 1.54) is 5.56 Å². The van der Waals surface area contributed by atoms with E-state index >= 15 is 0 Å². The summed E-state index contributed by atoms with van der Waals surface area (Å²) in [6.07, 6.45) is 0. The number of rotatable bonds is 4. The molecule has 1 unspecified atom stereocenters. The highest BCUT2D eigenvalue weighted by atomic mass is 16.5. The van der Waals surface area contributed by atoms with Crippen LogP contribution >= 0.6 is 0 Å². The zero-order valence-electron chi connectivity index (χ0n) is 10.1. The van der Waals surface area contributed by atoms with Gasteiger partial charge in [-0.2, -0.15) is 0 Å². The lowest BCUT2D eigenvalue weighted by molar-refractivity contribution is 0.258. The van der Waals surface area contributed by atoms with Crippen molar-refractivity contribution < 1.29 is 4.74 Å². The standard InChI is InChI=1S/C13H21NO/c1-9(2)12(14)8-15-13-7-10(3)5-6-11(13)4/h5-7,9,12H,8,14H2,1-4H3. The van der Waals surface area contributed by atoms with Crippen molar-refractivity contribution in [2.24, 2.45) is 11.7 Å². The van der Waals surface area contributed by atoms with Crippen LogP contribution in [0, 0.1) is 19.8 Å². The van der Waals surface area contributed by atoms with Crippen LogP contribution in [0.2, 0.25) is 0 Å². The molecule has 84 valence electrons. The molecular formula is C13H21NO. The molecule has 0 heterocycles. The molecule has 0 radical (unpaired) electrons. The second-order valence-electron chi connectivity index (χ2n) is 4.49. The summed E-state index contributed by atoms with van der Waals surface area (Å²) in [5.41, 5.74) is 8.31. The molecule has 0 aliphatic carbocycles. The molecule has 0 saturated carbocycles. The van der Waals surface area contributed by atoms with E-state index in [0.717, 1.165) is 11.3 Å². The summed E-state index contributed by atoms with van der Waals surface area (Å²) in [6.45, 7) is 8.92. The fraction of sp³-hybridized carbons (Fsp3) is 0.538. The van der Waals surface area contributed by atoms with Gasteiger partial charge in [0.2, 0.25) is 0 Å². The summed E-state index contributed by atoms with van der Waals surface area (Å²) in [5, 5.41) is 0. The minimum absolute atomic E-state index is 0.102. The normalized spacial score (nSPS) is 12.9. The lowest BCUT2D eigenvalue weighted by Crippen LogP contribution is -2.33. The van der Waals surface area contributed by atoms with Crippen LogP contribution in [0.5, 0.6) is 5.75 Å². The van der Waals surface area contributed by atoms with E-state index < -0.39 is 0 Å². The average Bonchev–Trinajstić information content (AvgIpc) is 2.18. The van der Waals surface area contributed by atoms with Gasteiger partial charge in [0.25, 0.3) is 0 Å². The van der Waals surface area contributed by atoms with Crippen molar-refractivity contribution in [1.82, 2.24) is 0 Å². The summed E-state index contributed by atoms with van der Waals surface area (Å²) in [6, 6.07) is 6.32. The number of aryl methyl sites for hydroxylation is 2. The van der Waals surface area contributed by atoms with E-state index in [0.29, 0.717) is 12.5 Å². The Balaban J connectivity index is 2.61. The lowest BCUT2D eigenvalue weighted by atomic mass is 10.1. The molecule has 2 N–H and O–H groups in total. The third-order valence-corrected chi connectivity index (χ3v) is 2.63. The number of hydrogen-bond acceptors (Lipinski definition) is 2. The summed E-state index contributed by atoms with van der Waals surface area (Å²) in [5.74, 6) is 1.40. The quantitative estimate of drug-likeness (QED) is 0.823. The molecule has 15 heavy (non-hydrogen) atoms. The van der Waals surface area contributed by atoms with Crippen LogP contribution < -0.4 is 10.5 Å². The predicted octanol–water partition coefficient (Wildman–Crippen LogP) is 2.67. The first kappa shape index (κ1) is 12.1. The fourth-order valence-electron chi connectivity index (χ4n) is 1.24. The van der Waals surface area contributed by atoms with E-state index in [1.807, 2.05) is 0 Å². The maximum atomic E-state index is 5.93. The zero-order chi connectivity index (χ0) is 11.4. The first-order chi connectivity index (χ1) is 7.00. The Labute approximate surface area is 92.4 Å². The molecule has 2 heteroatoms. The Morgan fingerprint density at radius 1 is 1.27 bits per heavy atom. The molecule has 1 atom stereocenters. The number of benzene rings is 1. The Morgan fingerprint density at radius 2 is 1.93 bits per heavy atom. The monoisotopic (exact) mass is 207 g/mol. The van der Waals surface area contributed by atoms with Gasteiger partial charge in [0.1, 0.15) is 12.4 Å². The SMILES string of the molecule is Cc1ccc(C)c(OCC(N)C(C)C)c1. The van der Waals surface area contributed by atoms with Gasteiger partial charge in [-0.1, -0.05) is 26.0 Å².